The zero-order valence-corrected chi connectivity index (χ0v) is 18.0. The molecule has 0 amide bonds. The van der Waals surface area contributed by atoms with E-state index < -0.39 is 0 Å². The first-order valence-corrected chi connectivity index (χ1v) is 10.5. The standard InChI is InChI=1S/C24H24N6O2/c1-24(15-31)8-6-20-18(24)12-16(14-26-20)19-7-10-25-23(28-19)29-21-5-4-17(13-22(21)32-2)30-11-3-9-27-30/h3-5,7,9-14,31H,6,8,15H2,1-2H3,(H,25,28,29). The van der Waals surface area contributed by atoms with Crippen LogP contribution >= 0.6 is 0 Å². The largest absolute Gasteiger partial charge is 0.494 e. The molecule has 4 aromatic rings. The van der Waals surface area contributed by atoms with Gasteiger partial charge < -0.3 is 15.2 Å². The maximum atomic E-state index is 9.89. The van der Waals surface area contributed by atoms with Gasteiger partial charge >= 0.3 is 0 Å². The molecule has 1 atom stereocenters. The molecule has 0 bridgehead atoms. The van der Waals surface area contributed by atoms with Crippen molar-refractivity contribution in [1.29, 1.82) is 0 Å². The Hall–Kier alpha value is -3.78. The van der Waals surface area contributed by atoms with E-state index >= 15 is 0 Å². The Morgan fingerprint density at radius 1 is 1.19 bits per heavy atom. The number of rotatable bonds is 6. The molecule has 0 radical (unpaired) electrons. The molecule has 1 aliphatic rings. The highest BCUT2D eigenvalue weighted by atomic mass is 16.5. The molecular formula is C24H24N6O2. The van der Waals surface area contributed by atoms with Crippen LogP contribution in [0.5, 0.6) is 5.75 Å². The lowest BCUT2D eigenvalue weighted by Crippen LogP contribution is -2.23. The number of benzene rings is 1. The Balaban J connectivity index is 1.44. The highest BCUT2D eigenvalue weighted by molar-refractivity contribution is 5.67. The summed E-state index contributed by atoms with van der Waals surface area (Å²) in [6.45, 7) is 2.19. The number of ether oxygens (including phenoxy) is 1. The predicted molar refractivity (Wildman–Crippen MR) is 121 cm³/mol. The Kier molecular flexibility index (Phi) is 5.07. The number of aliphatic hydroxyl groups excluding tert-OH is 1. The predicted octanol–water partition coefficient (Wildman–Crippen LogP) is 3.67. The van der Waals surface area contributed by atoms with E-state index in [1.165, 1.54) is 0 Å². The van der Waals surface area contributed by atoms with Crippen LogP contribution in [-0.2, 0) is 11.8 Å². The van der Waals surface area contributed by atoms with E-state index in [1.54, 1.807) is 24.2 Å². The van der Waals surface area contributed by atoms with E-state index in [-0.39, 0.29) is 12.0 Å². The molecule has 8 nitrogen and oxygen atoms in total. The summed E-state index contributed by atoms with van der Waals surface area (Å²) in [4.78, 5) is 13.7. The van der Waals surface area contributed by atoms with Gasteiger partial charge in [-0.25, -0.2) is 14.6 Å². The van der Waals surface area contributed by atoms with Crippen LogP contribution in [0.1, 0.15) is 24.6 Å². The highest BCUT2D eigenvalue weighted by Gasteiger charge is 2.35. The Morgan fingerprint density at radius 3 is 2.88 bits per heavy atom. The topological polar surface area (TPSA) is 98.0 Å². The quantitative estimate of drug-likeness (QED) is 0.483. The summed E-state index contributed by atoms with van der Waals surface area (Å²) in [5.41, 5.74) is 5.20. The van der Waals surface area contributed by atoms with E-state index in [9.17, 15) is 5.11 Å². The van der Waals surface area contributed by atoms with Gasteiger partial charge in [-0.05, 0) is 48.7 Å². The fourth-order valence-electron chi connectivity index (χ4n) is 4.10. The first kappa shape index (κ1) is 20.1. The van der Waals surface area contributed by atoms with Gasteiger partial charge in [0.1, 0.15) is 5.75 Å². The molecule has 3 aromatic heterocycles. The van der Waals surface area contributed by atoms with Crippen LogP contribution < -0.4 is 10.1 Å². The molecule has 0 aliphatic heterocycles. The fourth-order valence-corrected chi connectivity index (χ4v) is 4.10. The van der Waals surface area contributed by atoms with E-state index in [1.807, 2.05) is 42.7 Å². The smallest absolute Gasteiger partial charge is 0.227 e. The first-order chi connectivity index (χ1) is 15.6. The summed E-state index contributed by atoms with van der Waals surface area (Å²) < 4.78 is 7.33. The van der Waals surface area contributed by atoms with E-state index in [0.29, 0.717) is 11.7 Å². The van der Waals surface area contributed by atoms with Crippen LogP contribution in [0, 0.1) is 0 Å². The Morgan fingerprint density at radius 2 is 2.09 bits per heavy atom. The number of aliphatic hydroxyl groups is 1. The molecule has 0 saturated carbocycles. The van der Waals surface area contributed by atoms with Gasteiger partial charge in [0.25, 0.3) is 0 Å². The molecule has 162 valence electrons. The van der Waals surface area contributed by atoms with Crippen molar-refractivity contribution in [2.45, 2.75) is 25.2 Å². The second-order valence-corrected chi connectivity index (χ2v) is 8.16. The monoisotopic (exact) mass is 428 g/mol. The molecule has 0 spiro atoms. The average molecular weight is 428 g/mol. The molecule has 5 rings (SSSR count). The Labute approximate surface area is 186 Å². The van der Waals surface area contributed by atoms with Gasteiger partial charge in [-0.2, -0.15) is 5.10 Å². The minimum atomic E-state index is -0.254. The SMILES string of the molecule is COc1cc(-n2cccn2)ccc1Nc1nccc(-c2cnc3c(c2)C(C)(CO)CC3)n1. The Bertz CT molecular complexity index is 1260. The molecule has 8 heteroatoms. The van der Waals surface area contributed by atoms with Crippen molar-refractivity contribution < 1.29 is 9.84 Å². The van der Waals surface area contributed by atoms with Gasteiger partial charge in [0.2, 0.25) is 5.95 Å². The molecule has 1 aliphatic carbocycles. The van der Waals surface area contributed by atoms with Gasteiger partial charge in [-0.1, -0.05) is 6.92 Å². The number of hydrogen-bond donors (Lipinski definition) is 2. The third-order valence-electron chi connectivity index (χ3n) is 6.03. The van der Waals surface area contributed by atoms with Gasteiger partial charge in [-0.15, -0.1) is 0 Å². The molecule has 0 fully saturated rings. The van der Waals surface area contributed by atoms with Crippen molar-refractivity contribution in [2.75, 3.05) is 19.0 Å². The van der Waals surface area contributed by atoms with Crippen LogP contribution in [0.3, 0.4) is 0 Å². The normalized spacial score (nSPS) is 17.2. The summed E-state index contributed by atoms with van der Waals surface area (Å²) in [6, 6.07) is 11.6. The zero-order valence-electron chi connectivity index (χ0n) is 18.0. The van der Waals surface area contributed by atoms with E-state index in [4.69, 9.17) is 4.74 Å². The summed E-state index contributed by atoms with van der Waals surface area (Å²) in [6.07, 6.45) is 8.95. The number of methoxy groups -OCH3 is 1. The number of pyridine rings is 1. The van der Waals surface area contributed by atoms with Crippen LogP contribution in [0.2, 0.25) is 0 Å². The third kappa shape index (κ3) is 3.58. The third-order valence-corrected chi connectivity index (χ3v) is 6.03. The number of fused-ring (bicyclic) bond motifs is 1. The van der Waals surface area contributed by atoms with Crippen LogP contribution in [-0.4, -0.2) is 43.6 Å². The van der Waals surface area contributed by atoms with Crippen LogP contribution in [0.15, 0.2) is 61.2 Å². The van der Waals surface area contributed by atoms with Crippen molar-refractivity contribution in [3.05, 3.63) is 72.4 Å². The lowest BCUT2D eigenvalue weighted by Gasteiger charge is -2.22. The second-order valence-electron chi connectivity index (χ2n) is 8.16. The fraction of sp³-hybridized carbons (Fsp3) is 0.250. The maximum Gasteiger partial charge on any atom is 0.227 e. The van der Waals surface area contributed by atoms with E-state index in [2.05, 4.69) is 38.4 Å². The van der Waals surface area contributed by atoms with Gasteiger partial charge in [0, 0.05) is 47.5 Å². The molecule has 0 saturated heterocycles. The van der Waals surface area contributed by atoms with Crippen molar-refractivity contribution in [1.82, 2.24) is 24.7 Å². The number of hydrogen-bond acceptors (Lipinski definition) is 7. The first-order valence-electron chi connectivity index (χ1n) is 10.5. The van der Waals surface area contributed by atoms with Crippen molar-refractivity contribution in [3.8, 4) is 22.7 Å². The number of aryl methyl sites for hydroxylation is 1. The minimum Gasteiger partial charge on any atom is -0.494 e. The van der Waals surface area contributed by atoms with Crippen LogP contribution in [0.4, 0.5) is 11.6 Å². The second kappa shape index (κ2) is 8.05. The van der Waals surface area contributed by atoms with Crippen molar-refractivity contribution in [3.63, 3.8) is 0 Å². The van der Waals surface area contributed by atoms with Gasteiger partial charge in [-0.3, -0.25) is 4.98 Å². The van der Waals surface area contributed by atoms with E-state index in [0.717, 1.165) is 46.7 Å². The number of nitrogens with one attached hydrogen (secondary N) is 1. The maximum absolute atomic E-state index is 9.89. The molecule has 2 N–H and O–H groups in total. The van der Waals surface area contributed by atoms with Crippen LogP contribution in [0.25, 0.3) is 16.9 Å². The number of aromatic nitrogens is 5. The summed E-state index contributed by atoms with van der Waals surface area (Å²) in [7, 11) is 1.62. The molecule has 1 aromatic carbocycles. The molecule has 3 heterocycles. The summed E-state index contributed by atoms with van der Waals surface area (Å²) in [5, 5.41) is 17.4. The summed E-state index contributed by atoms with van der Waals surface area (Å²) in [5.74, 6) is 1.11. The highest BCUT2D eigenvalue weighted by Crippen LogP contribution is 2.39. The number of nitrogens with zero attached hydrogens (tertiary/aromatic N) is 5. The lowest BCUT2D eigenvalue weighted by molar-refractivity contribution is 0.206. The zero-order chi connectivity index (χ0) is 22.1. The van der Waals surface area contributed by atoms with Crippen molar-refractivity contribution in [2.24, 2.45) is 0 Å². The van der Waals surface area contributed by atoms with Gasteiger partial charge in [0.05, 0.1) is 30.8 Å². The van der Waals surface area contributed by atoms with Crippen molar-refractivity contribution >= 4 is 11.6 Å². The molecular weight excluding hydrogens is 404 g/mol. The molecule has 1 unspecified atom stereocenters. The lowest BCUT2D eigenvalue weighted by atomic mass is 9.85. The average Bonchev–Trinajstić information content (AvgIpc) is 3.48. The summed E-state index contributed by atoms with van der Waals surface area (Å²) >= 11 is 0. The number of anilines is 2. The minimum absolute atomic E-state index is 0.107. The van der Waals surface area contributed by atoms with Gasteiger partial charge in [0.15, 0.2) is 0 Å². The molecule has 32 heavy (non-hydrogen) atoms.